The van der Waals surface area contributed by atoms with Gasteiger partial charge in [0.2, 0.25) is 5.91 Å². The van der Waals surface area contributed by atoms with Crippen molar-refractivity contribution in [2.75, 3.05) is 31.1 Å². The lowest BCUT2D eigenvalue weighted by Crippen LogP contribution is -2.60. The summed E-state index contributed by atoms with van der Waals surface area (Å²) in [6, 6.07) is 6.31. The predicted octanol–water partition coefficient (Wildman–Crippen LogP) is 1.21. The Morgan fingerprint density at radius 3 is 2.58 bits per heavy atom. The molecule has 1 aromatic carbocycles. The van der Waals surface area contributed by atoms with E-state index < -0.39 is 9.84 Å². The molecule has 2 saturated heterocycles. The molecule has 0 unspecified atom stereocenters. The number of aromatic hydroxyl groups is 1. The van der Waals surface area contributed by atoms with Crippen molar-refractivity contribution >= 4 is 15.7 Å². The van der Waals surface area contributed by atoms with Crippen molar-refractivity contribution in [3.8, 4) is 5.75 Å². The summed E-state index contributed by atoms with van der Waals surface area (Å²) in [5.74, 6) is 0.100. The fraction of sp³-hybridized carbons (Fsp3) is 0.526. The highest BCUT2D eigenvalue weighted by Gasteiger charge is 2.47. The highest BCUT2D eigenvalue weighted by atomic mass is 32.2. The van der Waals surface area contributed by atoms with Gasteiger partial charge in [0.1, 0.15) is 5.75 Å². The number of carbonyl (C=O) groups is 1. The Kier molecular flexibility index (Phi) is 5.39. The molecule has 0 bridgehead atoms. The average molecular weight is 378 g/mol. The van der Waals surface area contributed by atoms with Crippen LogP contribution in [0.2, 0.25) is 0 Å². The first-order valence-electron chi connectivity index (χ1n) is 8.91. The van der Waals surface area contributed by atoms with E-state index in [0.717, 1.165) is 0 Å². The number of piperazine rings is 1. The highest BCUT2D eigenvalue weighted by molar-refractivity contribution is 7.91. The zero-order valence-corrected chi connectivity index (χ0v) is 16.1. The molecule has 1 N–H and O–H groups in total. The van der Waals surface area contributed by atoms with Gasteiger partial charge in [-0.3, -0.25) is 9.69 Å². The standard InChI is InChI=1S/C19H26N2O4S/c1-14(2)7-8-20-9-10-21(17-13-26(24,25)12-16(17)20)19(23)11-15-5-3-4-6-18(15)22/h3-7,16-17,22H,8-13H2,1-2H3/t16-,17+/m0/s1. The molecule has 7 heteroatoms. The van der Waals surface area contributed by atoms with Gasteiger partial charge >= 0.3 is 0 Å². The first-order chi connectivity index (χ1) is 12.3. The van der Waals surface area contributed by atoms with E-state index in [-0.39, 0.29) is 41.7 Å². The Morgan fingerprint density at radius 1 is 1.19 bits per heavy atom. The molecule has 26 heavy (non-hydrogen) atoms. The van der Waals surface area contributed by atoms with Crippen molar-refractivity contribution in [2.45, 2.75) is 32.4 Å². The number of hydrogen-bond donors (Lipinski definition) is 1. The van der Waals surface area contributed by atoms with E-state index in [9.17, 15) is 18.3 Å². The smallest absolute Gasteiger partial charge is 0.227 e. The summed E-state index contributed by atoms with van der Waals surface area (Å²) in [7, 11) is -3.15. The first-order valence-corrected chi connectivity index (χ1v) is 10.7. The maximum Gasteiger partial charge on any atom is 0.227 e. The van der Waals surface area contributed by atoms with Gasteiger partial charge in [-0.15, -0.1) is 0 Å². The largest absolute Gasteiger partial charge is 0.508 e. The van der Waals surface area contributed by atoms with Crippen molar-refractivity contribution in [2.24, 2.45) is 0 Å². The van der Waals surface area contributed by atoms with Gasteiger partial charge in [0.05, 0.1) is 24.0 Å². The van der Waals surface area contributed by atoms with Crippen LogP contribution in [-0.4, -0.2) is 72.5 Å². The van der Waals surface area contributed by atoms with Crippen LogP contribution in [0.1, 0.15) is 19.4 Å². The SMILES string of the molecule is CC(C)=CCN1CCN(C(=O)Cc2ccccc2O)[C@@H]2CS(=O)(=O)C[C@@H]21. The summed E-state index contributed by atoms with van der Waals surface area (Å²) in [6.07, 6.45) is 2.19. The van der Waals surface area contributed by atoms with E-state index in [2.05, 4.69) is 11.0 Å². The Hall–Kier alpha value is -1.86. The van der Waals surface area contributed by atoms with Gasteiger partial charge in [-0.1, -0.05) is 29.8 Å². The van der Waals surface area contributed by atoms with Gasteiger partial charge in [-0.25, -0.2) is 8.42 Å². The average Bonchev–Trinajstić information content (AvgIpc) is 2.89. The van der Waals surface area contributed by atoms with Gasteiger partial charge in [0.15, 0.2) is 9.84 Å². The van der Waals surface area contributed by atoms with Crippen LogP contribution in [0.4, 0.5) is 0 Å². The maximum atomic E-state index is 12.8. The summed E-state index contributed by atoms with van der Waals surface area (Å²) in [4.78, 5) is 16.7. The lowest BCUT2D eigenvalue weighted by Gasteiger charge is -2.43. The number of allylic oxidation sites excluding steroid dienone is 1. The van der Waals surface area contributed by atoms with E-state index in [0.29, 0.717) is 25.2 Å². The molecule has 0 radical (unpaired) electrons. The first kappa shape index (κ1) is 18.9. The monoisotopic (exact) mass is 378 g/mol. The van der Waals surface area contributed by atoms with Crippen LogP contribution in [-0.2, 0) is 21.1 Å². The van der Waals surface area contributed by atoms with Gasteiger partial charge in [-0.05, 0) is 19.9 Å². The van der Waals surface area contributed by atoms with E-state index in [1.54, 1.807) is 29.2 Å². The molecule has 1 aromatic rings. The van der Waals surface area contributed by atoms with E-state index in [1.807, 2.05) is 13.8 Å². The molecule has 0 saturated carbocycles. The number of nitrogens with zero attached hydrogens (tertiary/aromatic N) is 2. The van der Waals surface area contributed by atoms with Crippen LogP contribution >= 0.6 is 0 Å². The number of hydrogen-bond acceptors (Lipinski definition) is 5. The van der Waals surface area contributed by atoms with Crippen molar-refractivity contribution in [1.29, 1.82) is 0 Å². The quantitative estimate of drug-likeness (QED) is 0.797. The Morgan fingerprint density at radius 2 is 1.88 bits per heavy atom. The third-order valence-corrected chi connectivity index (χ3v) is 6.88. The highest BCUT2D eigenvalue weighted by Crippen LogP contribution is 2.28. The number of fused-ring (bicyclic) bond motifs is 1. The molecule has 3 rings (SSSR count). The fourth-order valence-corrected chi connectivity index (χ4v) is 5.80. The number of phenolic OH excluding ortho intramolecular Hbond substituents is 1. The topological polar surface area (TPSA) is 77.9 Å². The van der Waals surface area contributed by atoms with Crippen molar-refractivity contribution in [1.82, 2.24) is 9.80 Å². The molecule has 2 heterocycles. The van der Waals surface area contributed by atoms with Gasteiger partial charge < -0.3 is 10.0 Å². The second kappa shape index (κ2) is 7.40. The molecule has 1 amide bonds. The lowest BCUT2D eigenvalue weighted by atomic mass is 10.0. The second-order valence-corrected chi connectivity index (χ2v) is 9.53. The minimum Gasteiger partial charge on any atom is -0.508 e. The number of benzene rings is 1. The molecule has 0 spiro atoms. The summed E-state index contributed by atoms with van der Waals surface area (Å²) in [5.41, 5.74) is 1.77. The Labute approximate surface area is 155 Å². The molecule has 0 aliphatic carbocycles. The van der Waals surface area contributed by atoms with Gasteiger partial charge in [-0.2, -0.15) is 0 Å². The fourth-order valence-electron chi connectivity index (χ4n) is 3.79. The third-order valence-electron chi connectivity index (χ3n) is 5.18. The minimum absolute atomic E-state index is 0.0233. The normalized spacial score (nSPS) is 24.9. The summed E-state index contributed by atoms with van der Waals surface area (Å²) >= 11 is 0. The molecule has 0 aromatic heterocycles. The number of carbonyl (C=O) groups excluding carboxylic acids is 1. The number of para-hydroxylation sites is 1. The number of rotatable bonds is 4. The number of phenols is 1. The van der Waals surface area contributed by atoms with Crippen molar-refractivity contribution < 1.29 is 18.3 Å². The molecule has 2 aliphatic heterocycles. The summed E-state index contributed by atoms with van der Waals surface area (Å²) in [6.45, 7) is 5.93. The molecule has 6 nitrogen and oxygen atoms in total. The van der Waals surface area contributed by atoms with Gasteiger partial charge in [0.25, 0.3) is 0 Å². The number of amides is 1. The van der Waals surface area contributed by atoms with E-state index >= 15 is 0 Å². The maximum absolute atomic E-state index is 12.8. The second-order valence-electron chi connectivity index (χ2n) is 7.38. The summed E-state index contributed by atoms with van der Waals surface area (Å²) < 4.78 is 24.5. The minimum atomic E-state index is -3.15. The lowest BCUT2D eigenvalue weighted by molar-refractivity contribution is -0.136. The third kappa shape index (κ3) is 4.10. The Bertz CT molecular complexity index is 815. The zero-order chi connectivity index (χ0) is 18.9. The van der Waals surface area contributed by atoms with Crippen LogP contribution in [0.25, 0.3) is 0 Å². The van der Waals surface area contributed by atoms with Crippen LogP contribution in [0.15, 0.2) is 35.9 Å². The van der Waals surface area contributed by atoms with Crippen molar-refractivity contribution in [3.63, 3.8) is 0 Å². The molecule has 142 valence electrons. The van der Waals surface area contributed by atoms with Crippen LogP contribution in [0.3, 0.4) is 0 Å². The van der Waals surface area contributed by atoms with Crippen LogP contribution in [0, 0.1) is 0 Å². The molecule has 2 fully saturated rings. The number of sulfone groups is 1. The zero-order valence-electron chi connectivity index (χ0n) is 15.3. The van der Waals surface area contributed by atoms with Gasteiger partial charge in [0, 0.05) is 31.2 Å². The molecule has 2 aliphatic rings. The molecular weight excluding hydrogens is 352 g/mol. The molecular formula is C19H26N2O4S. The van der Waals surface area contributed by atoms with E-state index in [1.165, 1.54) is 5.57 Å². The van der Waals surface area contributed by atoms with Crippen molar-refractivity contribution in [3.05, 3.63) is 41.5 Å². The van der Waals surface area contributed by atoms with Crippen LogP contribution < -0.4 is 0 Å². The molecule has 2 atom stereocenters. The van der Waals surface area contributed by atoms with Crippen LogP contribution in [0.5, 0.6) is 5.75 Å². The Balaban J connectivity index is 1.78. The van der Waals surface area contributed by atoms with E-state index in [4.69, 9.17) is 0 Å². The summed E-state index contributed by atoms with van der Waals surface area (Å²) in [5, 5.41) is 9.91. The predicted molar refractivity (Wildman–Crippen MR) is 101 cm³/mol.